The van der Waals surface area contributed by atoms with Gasteiger partial charge in [0.2, 0.25) is 10.0 Å². The summed E-state index contributed by atoms with van der Waals surface area (Å²) in [5.74, 6) is 0. The van der Waals surface area contributed by atoms with Crippen LogP contribution in [0.1, 0.15) is 16.7 Å². The summed E-state index contributed by atoms with van der Waals surface area (Å²) in [5.41, 5.74) is 2.25. The van der Waals surface area contributed by atoms with E-state index in [0.717, 1.165) is 15.4 Å². The topological polar surface area (TPSA) is 51.1 Å². The molecule has 0 aliphatic heterocycles. The molecule has 1 aromatic heterocycles. The molecule has 0 saturated carbocycles. The molecule has 9 heteroatoms. The third kappa shape index (κ3) is 4.67. The van der Waals surface area contributed by atoms with E-state index >= 15 is 0 Å². The number of hydrogen-bond acceptors (Lipinski definition) is 2. The monoisotopic (exact) mass is 488 g/mol. The number of fused-ring (bicyclic) bond motifs is 1. The Labute approximate surface area is 175 Å². The van der Waals surface area contributed by atoms with Crippen LogP contribution in [0.4, 0.5) is 13.2 Å². The first-order valence-electron chi connectivity index (χ1n) is 8.80. The molecule has 0 saturated heterocycles. The lowest BCUT2D eigenvalue weighted by Crippen LogP contribution is -2.48. The summed E-state index contributed by atoms with van der Waals surface area (Å²) in [6.45, 7) is 4.39. The molecule has 0 bridgehead atoms. The second kappa shape index (κ2) is 7.77. The molecule has 1 N–H and O–H groups in total. The van der Waals surface area contributed by atoms with E-state index in [1.165, 1.54) is 10.8 Å². The average molecular weight is 489 g/mol. The van der Waals surface area contributed by atoms with Gasteiger partial charge < -0.3 is 4.57 Å². The van der Waals surface area contributed by atoms with Crippen LogP contribution >= 0.6 is 15.9 Å². The Balaban J connectivity index is 1.98. The summed E-state index contributed by atoms with van der Waals surface area (Å²) in [6.07, 6.45) is -3.24. The summed E-state index contributed by atoms with van der Waals surface area (Å²) >= 11 is 3.33. The number of sulfonamides is 1. The SMILES string of the molecule is Cc1cc(C)c(S(=O)(=O)NC(Cn2ccc3cc(Br)ccc32)C(F)(F)F)c(C)c1. The van der Waals surface area contributed by atoms with Gasteiger partial charge in [0, 0.05) is 28.1 Å². The maximum absolute atomic E-state index is 13.7. The van der Waals surface area contributed by atoms with E-state index in [1.54, 1.807) is 57.2 Å². The maximum atomic E-state index is 13.7. The molecule has 0 fully saturated rings. The van der Waals surface area contributed by atoms with Crippen molar-refractivity contribution >= 4 is 36.9 Å². The molecule has 0 aliphatic carbocycles. The summed E-state index contributed by atoms with van der Waals surface area (Å²) in [7, 11) is -4.37. The van der Waals surface area contributed by atoms with E-state index in [9.17, 15) is 21.6 Å². The highest BCUT2D eigenvalue weighted by atomic mass is 79.9. The van der Waals surface area contributed by atoms with Crippen molar-refractivity contribution in [1.29, 1.82) is 0 Å². The smallest absolute Gasteiger partial charge is 0.346 e. The number of hydrogen-bond donors (Lipinski definition) is 1. The fraction of sp³-hybridized carbons (Fsp3) is 0.300. The van der Waals surface area contributed by atoms with Crippen molar-refractivity contribution in [2.24, 2.45) is 0 Å². The van der Waals surface area contributed by atoms with Crippen LogP contribution in [0.25, 0.3) is 10.9 Å². The second-order valence-electron chi connectivity index (χ2n) is 7.11. The van der Waals surface area contributed by atoms with Gasteiger partial charge in [-0.2, -0.15) is 17.9 Å². The average Bonchev–Trinajstić information content (AvgIpc) is 2.93. The van der Waals surface area contributed by atoms with Gasteiger partial charge in [-0.1, -0.05) is 33.6 Å². The largest absolute Gasteiger partial charge is 0.406 e. The highest BCUT2D eigenvalue weighted by Gasteiger charge is 2.43. The van der Waals surface area contributed by atoms with Crippen molar-refractivity contribution < 1.29 is 21.6 Å². The number of aryl methyl sites for hydroxylation is 3. The van der Waals surface area contributed by atoms with Crippen LogP contribution < -0.4 is 4.72 Å². The molecule has 29 heavy (non-hydrogen) atoms. The predicted octanol–water partition coefficient (Wildman–Crippen LogP) is 5.24. The molecule has 0 aliphatic rings. The van der Waals surface area contributed by atoms with E-state index in [0.29, 0.717) is 16.6 Å². The van der Waals surface area contributed by atoms with Gasteiger partial charge in [0.05, 0.1) is 4.90 Å². The van der Waals surface area contributed by atoms with Crippen molar-refractivity contribution in [2.75, 3.05) is 0 Å². The van der Waals surface area contributed by atoms with Crippen LogP contribution in [0, 0.1) is 20.8 Å². The van der Waals surface area contributed by atoms with Gasteiger partial charge >= 0.3 is 6.18 Å². The molecular formula is C20H20BrF3N2O2S. The summed E-state index contributed by atoms with van der Waals surface area (Å²) < 4.78 is 71.0. The van der Waals surface area contributed by atoms with E-state index in [2.05, 4.69) is 15.9 Å². The molecule has 156 valence electrons. The van der Waals surface area contributed by atoms with Crippen LogP contribution in [0.5, 0.6) is 0 Å². The molecule has 1 heterocycles. The summed E-state index contributed by atoms with van der Waals surface area (Å²) in [4.78, 5) is -0.112. The lowest BCUT2D eigenvalue weighted by molar-refractivity contribution is -0.154. The van der Waals surface area contributed by atoms with E-state index in [4.69, 9.17) is 0 Å². The predicted molar refractivity (Wildman–Crippen MR) is 110 cm³/mol. The molecule has 2 aromatic carbocycles. The Bertz CT molecular complexity index is 1150. The number of nitrogens with one attached hydrogen (secondary N) is 1. The summed E-state index contributed by atoms with van der Waals surface area (Å²) in [6, 6.07) is 7.91. The first-order chi connectivity index (χ1) is 13.4. The Morgan fingerprint density at radius 3 is 2.28 bits per heavy atom. The first-order valence-corrected chi connectivity index (χ1v) is 11.1. The third-order valence-corrected chi connectivity index (χ3v) is 6.95. The Hall–Kier alpha value is -1.84. The van der Waals surface area contributed by atoms with Gasteiger partial charge in [-0.3, -0.25) is 0 Å². The van der Waals surface area contributed by atoms with Crippen LogP contribution in [0.2, 0.25) is 0 Å². The zero-order valence-corrected chi connectivity index (χ0v) is 18.4. The Kier molecular flexibility index (Phi) is 5.86. The van der Waals surface area contributed by atoms with Crippen molar-refractivity contribution in [2.45, 2.75) is 44.4 Å². The zero-order valence-electron chi connectivity index (χ0n) is 16.0. The van der Waals surface area contributed by atoms with Crippen LogP contribution in [0.3, 0.4) is 0 Å². The normalized spacial score (nSPS) is 13.8. The highest BCUT2D eigenvalue weighted by Crippen LogP contribution is 2.28. The van der Waals surface area contributed by atoms with Crippen LogP contribution in [0.15, 0.2) is 52.0 Å². The molecule has 0 amide bonds. The van der Waals surface area contributed by atoms with Crippen molar-refractivity contribution in [3.8, 4) is 0 Å². The molecule has 3 aromatic rings. The number of halogens is 4. The van der Waals surface area contributed by atoms with Gasteiger partial charge in [0.1, 0.15) is 6.04 Å². The van der Waals surface area contributed by atoms with Crippen molar-refractivity contribution in [3.05, 3.63) is 63.8 Å². The maximum Gasteiger partial charge on any atom is 0.406 e. The third-order valence-electron chi connectivity index (χ3n) is 4.68. The number of nitrogens with zero attached hydrogens (tertiary/aromatic N) is 1. The standard InChI is InChI=1S/C20H20BrF3N2O2S/c1-12-8-13(2)19(14(3)9-12)29(27,28)25-18(20(22,23)24)11-26-7-6-15-10-16(21)4-5-17(15)26/h4-10,18,25H,11H2,1-3H3. The van der Waals surface area contributed by atoms with Gasteiger partial charge in [-0.15, -0.1) is 0 Å². The molecule has 1 unspecified atom stereocenters. The molecule has 4 nitrogen and oxygen atoms in total. The van der Waals surface area contributed by atoms with E-state index in [1.807, 2.05) is 4.72 Å². The van der Waals surface area contributed by atoms with Gasteiger partial charge in [0.15, 0.2) is 0 Å². The quantitative estimate of drug-likeness (QED) is 0.533. The van der Waals surface area contributed by atoms with Crippen LogP contribution in [-0.4, -0.2) is 25.2 Å². The van der Waals surface area contributed by atoms with Gasteiger partial charge in [0.25, 0.3) is 0 Å². The first kappa shape index (κ1) is 21.9. The molecule has 0 radical (unpaired) electrons. The summed E-state index contributed by atoms with van der Waals surface area (Å²) in [5, 5.41) is 0.758. The second-order valence-corrected chi connectivity index (χ2v) is 9.68. The minimum Gasteiger partial charge on any atom is -0.346 e. The lowest BCUT2D eigenvalue weighted by Gasteiger charge is -2.24. The van der Waals surface area contributed by atoms with E-state index < -0.39 is 28.8 Å². The minimum atomic E-state index is -4.76. The number of benzene rings is 2. The number of aromatic nitrogens is 1. The van der Waals surface area contributed by atoms with Gasteiger partial charge in [-0.05, 0) is 56.2 Å². The number of rotatable bonds is 5. The highest BCUT2D eigenvalue weighted by molar-refractivity contribution is 9.10. The molecule has 1 atom stereocenters. The lowest BCUT2D eigenvalue weighted by atomic mass is 10.1. The molecule has 3 rings (SSSR count). The van der Waals surface area contributed by atoms with E-state index in [-0.39, 0.29) is 4.90 Å². The molecular weight excluding hydrogens is 469 g/mol. The zero-order chi connectivity index (χ0) is 21.6. The molecule has 0 spiro atoms. The Morgan fingerprint density at radius 2 is 1.69 bits per heavy atom. The van der Waals surface area contributed by atoms with Crippen molar-refractivity contribution in [3.63, 3.8) is 0 Å². The number of alkyl halides is 3. The van der Waals surface area contributed by atoms with Crippen LogP contribution in [-0.2, 0) is 16.6 Å². The Morgan fingerprint density at radius 1 is 1.07 bits per heavy atom. The van der Waals surface area contributed by atoms with Crippen molar-refractivity contribution in [1.82, 2.24) is 9.29 Å². The fourth-order valence-corrected chi connectivity index (χ4v) is 5.62. The van der Waals surface area contributed by atoms with Gasteiger partial charge in [-0.25, -0.2) is 8.42 Å². The minimum absolute atomic E-state index is 0.112. The fourth-order valence-electron chi connectivity index (χ4n) is 3.57.